The highest BCUT2D eigenvalue weighted by molar-refractivity contribution is 7.03. The Hall–Kier alpha value is -1.50. The van der Waals surface area contributed by atoms with Crippen molar-refractivity contribution < 1.29 is 14.3 Å². The molecule has 2 N–H and O–H groups in total. The van der Waals surface area contributed by atoms with Crippen molar-refractivity contribution in [2.24, 2.45) is 5.73 Å². The van der Waals surface area contributed by atoms with E-state index in [-0.39, 0.29) is 11.5 Å². The van der Waals surface area contributed by atoms with Crippen molar-refractivity contribution in [2.75, 3.05) is 0 Å². The molecule has 7 heteroatoms. The van der Waals surface area contributed by atoms with E-state index in [1.807, 2.05) is 0 Å². The van der Waals surface area contributed by atoms with E-state index in [1.165, 1.54) is 5.38 Å². The number of nitrogens with two attached hydrogens (primary N) is 1. The SMILES string of the molecule is CCCCCC(OC(N)=O)C(=O)c1csnn1. The van der Waals surface area contributed by atoms with Gasteiger partial charge >= 0.3 is 6.09 Å². The zero-order valence-corrected chi connectivity index (χ0v) is 10.4. The van der Waals surface area contributed by atoms with Crippen LogP contribution in [-0.4, -0.2) is 27.6 Å². The molecule has 0 spiro atoms. The molecule has 0 aliphatic rings. The Labute approximate surface area is 103 Å². The monoisotopic (exact) mass is 257 g/mol. The maximum absolute atomic E-state index is 11.9. The average Bonchev–Trinajstić information content (AvgIpc) is 2.80. The summed E-state index contributed by atoms with van der Waals surface area (Å²) in [6.45, 7) is 2.05. The molecule has 0 aliphatic carbocycles. The van der Waals surface area contributed by atoms with Crippen LogP contribution in [0.15, 0.2) is 5.38 Å². The zero-order chi connectivity index (χ0) is 12.7. The smallest absolute Gasteiger partial charge is 0.405 e. The van der Waals surface area contributed by atoms with Crippen LogP contribution in [0.4, 0.5) is 4.79 Å². The molecular weight excluding hydrogens is 242 g/mol. The Kier molecular flexibility index (Phi) is 5.55. The predicted molar refractivity (Wildman–Crippen MR) is 62.8 cm³/mol. The van der Waals surface area contributed by atoms with E-state index in [2.05, 4.69) is 16.5 Å². The number of hydrogen-bond donors (Lipinski definition) is 1. The van der Waals surface area contributed by atoms with Crippen LogP contribution in [0.3, 0.4) is 0 Å². The molecule has 1 amide bonds. The van der Waals surface area contributed by atoms with Gasteiger partial charge in [0.25, 0.3) is 0 Å². The summed E-state index contributed by atoms with van der Waals surface area (Å²) in [5.74, 6) is -0.339. The Morgan fingerprint density at radius 1 is 1.53 bits per heavy atom. The van der Waals surface area contributed by atoms with Gasteiger partial charge in [-0.15, -0.1) is 5.10 Å². The Morgan fingerprint density at radius 2 is 2.29 bits per heavy atom. The maximum atomic E-state index is 11.9. The van der Waals surface area contributed by atoms with Crippen LogP contribution < -0.4 is 5.73 Å². The topological polar surface area (TPSA) is 95.2 Å². The third-order valence-electron chi connectivity index (χ3n) is 2.23. The number of unbranched alkanes of at least 4 members (excludes halogenated alkanes) is 2. The fourth-order valence-corrected chi connectivity index (χ4v) is 1.85. The molecule has 17 heavy (non-hydrogen) atoms. The van der Waals surface area contributed by atoms with E-state index < -0.39 is 12.2 Å². The van der Waals surface area contributed by atoms with Crippen LogP contribution in [0, 0.1) is 0 Å². The van der Waals surface area contributed by atoms with E-state index in [0.29, 0.717) is 6.42 Å². The number of rotatable bonds is 7. The van der Waals surface area contributed by atoms with E-state index in [0.717, 1.165) is 30.8 Å². The number of primary amides is 1. The first kappa shape index (κ1) is 13.6. The number of carbonyl (C=O) groups is 2. The zero-order valence-electron chi connectivity index (χ0n) is 9.59. The molecule has 1 unspecified atom stereocenters. The summed E-state index contributed by atoms with van der Waals surface area (Å²) in [7, 11) is 0. The van der Waals surface area contributed by atoms with Gasteiger partial charge in [0.05, 0.1) is 0 Å². The largest absolute Gasteiger partial charge is 0.438 e. The molecule has 1 aromatic heterocycles. The minimum absolute atomic E-state index is 0.220. The molecule has 94 valence electrons. The van der Waals surface area contributed by atoms with Gasteiger partial charge in [-0.25, -0.2) is 4.79 Å². The number of ketones is 1. The molecular formula is C10H15N3O3S. The molecule has 6 nitrogen and oxygen atoms in total. The molecule has 0 saturated heterocycles. The van der Waals surface area contributed by atoms with Gasteiger partial charge < -0.3 is 10.5 Å². The molecule has 1 rings (SSSR count). The van der Waals surface area contributed by atoms with Gasteiger partial charge in [0.1, 0.15) is 5.69 Å². The van der Waals surface area contributed by atoms with E-state index in [9.17, 15) is 9.59 Å². The van der Waals surface area contributed by atoms with Gasteiger partial charge in [-0.2, -0.15) is 0 Å². The van der Waals surface area contributed by atoms with Gasteiger partial charge in [0, 0.05) is 5.38 Å². The first-order chi connectivity index (χ1) is 8.15. The standard InChI is InChI=1S/C10H15N3O3S/c1-2-3-4-5-8(16-10(11)15)9(14)7-6-17-13-12-7/h6,8H,2-5H2,1H3,(H2,11,15). The highest BCUT2D eigenvalue weighted by Gasteiger charge is 2.24. The number of Topliss-reactive ketones (excluding diaryl/α,β-unsaturated/α-hetero) is 1. The fraction of sp³-hybridized carbons (Fsp3) is 0.600. The Bertz CT molecular complexity index is 367. The number of aromatic nitrogens is 2. The van der Waals surface area contributed by atoms with E-state index in [4.69, 9.17) is 10.5 Å². The summed E-state index contributed by atoms with van der Waals surface area (Å²) in [4.78, 5) is 22.6. The molecule has 1 heterocycles. The fourth-order valence-electron chi connectivity index (χ4n) is 1.40. The third-order valence-corrected chi connectivity index (χ3v) is 2.74. The molecule has 0 aliphatic heterocycles. The van der Waals surface area contributed by atoms with Gasteiger partial charge in [-0.05, 0) is 24.4 Å². The lowest BCUT2D eigenvalue weighted by atomic mass is 10.1. The minimum atomic E-state index is -0.942. The summed E-state index contributed by atoms with van der Waals surface area (Å²) in [5, 5.41) is 5.19. The molecule has 1 atom stereocenters. The number of hydrogen-bond acceptors (Lipinski definition) is 6. The van der Waals surface area contributed by atoms with Crippen molar-refractivity contribution in [1.29, 1.82) is 0 Å². The minimum Gasteiger partial charge on any atom is -0.438 e. The molecule has 0 saturated carbocycles. The maximum Gasteiger partial charge on any atom is 0.405 e. The van der Waals surface area contributed by atoms with Gasteiger partial charge in [0.15, 0.2) is 6.10 Å². The van der Waals surface area contributed by atoms with Crippen molar-refractivity contribution in [3.63, 3.8) is 0 Å². The van der Waals surface area contributed by atoms with Gasteiger partial charge in [-0.1, -0.05) is 24.3 Å². The molecule has 0 radical (unpaired) electrons. The van der Waals surface area contributed by atoms with Crippen molar-refractivity contribution in [1.82, 2.24) is 9.59 Å². The molecule has 0 bridgehead atoms. The number of carbonyl (C=O) groups excluding carboxylic acids is 2. The Morgan fingerprint density at radius 3 is 2.82 bits per heavy atom. The van der Waals surface area contributed by atoms with Crippen LogP contribution in [0.25, 0.3) is 0 Å². The highest BCUT2D eigenvalue weighted by atomic mass is 32.1. The summed E-state index contributed by atoms with van der Waals surface area (Å²) in [6.07, 6.45) is 1.48. The molecule has 1 aromatic rings. The second kappa shape index (κ2) is 6.95. The van der Waals surface area contributed by atoms with Crippen LogP contribution in [0.5, 0.6) is 0 Å². The van der Waals surface area contributed by atoms with E-state index in [1.54, 1.807) is 0 Å². The van der Waals surface area contributed by atoms with Crippen LogP contribution in [-0.2, 0) is 4.74 Å². The van der Waals surface area contributed by atoms with Crippen molar-refractivity contribution in [3.8, 4) is 0 Å². The first-order valence-corrected chi connectivity index (χ1v) is 6.26. The highest BCUT2D eigenvalue weighted by Crippen LogP contribution is 2.12. The van der Waals surface area contributed by atoms with E-state index >= 15 is 0 Å². The normalized spacial score (nSPS) is 12.1. The summed E-state index contributed by atoms with van der Waals surface area (Å²) < 4.78 is 8.41. The summed E-state index contributed by atoms with van der Waals surface area (Å²) in [5.41, 5.74) is 5.16. The van der Waals surface area contributed by atoms with Crippen molar-refractivity contribution in [2.45, 2.75) is 38.7 Å². The second-order valence-corrected chi connectivity index (χ2v) is 4.19. The number of ether oxygens (including phenoxy) is 1. The van der Waals surface area contributed by atoms with Crippen LogP contribution >= 0.6 is 11.5 Å². The predicted octanol–water partition coefficient (Wildman–Crippen LogP) is 1.77. The second-order valence-electron chi connectivity index (χ2n) is 3.58. The van der Waals surface area contributed by atoms with Crippen LogP contribution in [0.1, 0.15) is 43.1 Å². The quantitative estimate of drug-likeness (QED) is 0.593. The lowest BCUT2D eigenvalue weighted by Crippen LogP contribution is -2.30. The number of amides is 1. The van der Waals surface area contributed by atoms with Crippen molar-refractivity contribution in [3.05, 3.63) is 11.1 Å². The summed E-state index contributed by atoms with van der Waals surface area (Å²) >= 11 is 1.08. The lowest BCUT2D eigenvalue weighted by molar-refractivity contribution is 0.0623. The van der Waals surface area contributed by atoms with Crippen LogP contribution in [0.2, 0.25) is 0 Å². The first-order valence-electron chi connectivity index (χ1n) is 5.42. The van der Waals surface area contributed by atoms with Gasteiger partial charge in [0.2, 0.25) is 5.78 Å². The molecule has 0 aromatic carbocycles. The number of nitrogens with zero attached hydrogens (tertiary/aromatic N) is 2. The lowest BCUT2D eigenvalue weighted by Gasteiger charge is -2.13. The third kappa shape index (κ3) is 4.48. The van der Waals surface area contributed by atoms with Gasteiger partial charge in [-0.3, -0.25) is 4.79 Å². The average molecular weight is 257 g/mol. The Balaban J connectivity index is 2.61. The van der Waals surface area contributed by atoms with Crippen molar-refractivity contribution >= 4 is 23.4 Å². The molecule has 0 fully saturated rings. The summed E-state index contributed by atoms with van der Waals surface area (Å²) in [6, 6.07) is 0.